The first-order chi connectivity index (χ1) is 22.3. The summed E-state index contributed by atoms with van der Waals surface area (Å²) < 4.78 is 1.69. The Kier molecular flexibility index (Phi) is 14.2. The predicted octanol–water partition coefficient (Wildman–Crippen LogP) is 6.52. The third kappa shape index (κ3) is 7.44. The second-order valence-corrected chi connectivity index (χ2v) is 17.8. The van der Waals surface area contributed by atoms with Gasteiger partial charge in [0.25, 0.3) is 0 Å². The number of halogens is 2. The number of unbranched alkanes of at least 4 members (excludes halogenated alkanes) is 1. The van der Waals surface area contributed by atoms with Crippen LogP contribution < -0.4 is 24.8 Å². The first kappa shape index (κ1) is 41.6. The van der Waals surface area contributed by atoms with Gasteiger partial charge in [-0.15, -0.1) is 6.92 Å². The molecule has 0 saturated heterocycles. The molecule has 262 valence electrons. The molecule has 3 aromatic carbocycles. The second-order valence-electron chi connectivity index (χ2n) is 16.1. The van der Waals surface area contributed by atoms with Crippen LogP contribution >= 0.6 is 0 Å². The zero-order chi connectivity index (χ0) is 34.0. The molecule has 0 N–H and O–H groups in total. The van der Waals surface area contributed by atoms with Crippen LogP contribution in [0.1, 0.15) is 111 Å². The fourth-order valence-corrected chi connectivity index (χ4v) is 10.1. The molecule has 0 nitrogen and oxygen atoms in total. The average Bonchev–Trinajstić information content (AvgIpc) is 3.76. The molecule has 4 aliphatic rings. The van der Waals surface area contributed by atoms with E-state index in [0.717, 1.165) is 6.42 Å². The van der Waals surface area contributed by atoms with Gasteiger partial charge in [-0.3, -0.25) is 0 Å². The van der Waals surface area contributed by atoms with Crippen LogP contribution in [-0.4, -0.2) is 3.21 Å². The van der Waals surface area contributed by atoms with Crippen molar-refractivity contribution in [3.63, 3.8) is 0 Å². The van der Waals surface area contributed by atoms with Gasteiger partial charge < -0.3 is 24.8 Å². The Balaban J connectivity index is 0.000000271. The summed E-state index contributed by atoms with van der Waals surface area (Å²) in [4.78, 5) is 0. The number of allylic oxidation sites excluding steroid dienone is 6. The Morgan fingerprint density at radius 3 is 2.10 bits per heavy atom. The zero-order valence-corrected chi connectivity index (χ0v) is 35.5. The van der Waals surface area contributed by atoms with Gasteiger partial charge in [0, 0.05) is 0 Å². The monoisotopic (exact) mass is 770 g/mol. The number of hydrogen-bond acceptors (Lipinski definition) is 0. The molecule has 0 aliphatic heterocycles. The van der Waals surface area contributed by atoms with Crippen LogP contribution in [0.25, 0.3) is 5.57 Å². The molecule has 7 rings (SSSR count). The summed E-state index contributed by atoms with van der Waals surface area (Å²) in [6.07, 6.45) is 13.7. The molecule has 0 bridgehead atoms. The quantitative estimate of drug-likeness (QED) is 0.260. The molecule has 0 aromatic heterocycles. The minimum atomic E-state index is 0. The van der Waals surface area contributed by atoms with Gasteiger partial charge in [-0.05, 0) is 40.6 Å². The third-order valence-corrected chi connectivity index (χ3v) is 14.5. The molecule has 0 spiro atoms. The Hall–Kier alpha value is -1.79. The number of rotatable bonds is 5. The van der Waals surface area contributed by atoms with Gasteiger partial charge in [-0.1, -0.05) is 113 Å². The summed E-state index contributed by atoms with van der Waals surface area (Å²) in [7, 11) is 0. The molecule has 2 unspecified atom stereocenters. The molecule has 1 saturated carbocycles. The molecule has 3 heteroatoms. The van der Waals surface area contributed by atoms with Gasteiger partial charge >= 0.3 is 95.9 Å². The maximum atomic E-state index is 2.62. The van der Waals surface area contributed by atoms with Gasteiger partial charge in [0.15, 0.2) is 0 Å². The van der Waals surface area contributed by atoms with Crippen molar-refractivity contribution in [1.29, 1.82) is 0 Å². The van der Waals surface area contributed by atoms with Gasteiger partial charge in [-0.25, -0.2) is 18.1 Å². The fourth-order valence-electron chi connectivity index (χ4n) is 9.21. The Morgan fingerprint density at radius 2 is 1.49 bits per heavy atom. The topological polar surface area (TPSA) is 0 Å². The van der Waals surface area contributed by atoms with E-state index in [9.17, 15) is 0 Å². The Bertz CT molecular complexity index is 1620. The second kappa shape index (κ2) is 16.7. The summed E-state index contributed by atoms with van der Waals surface area (Å²) in [5.41, 5.74) is 11.8. The van der Waals surface area contributed by atoms with E-state index in [-0.39, 0.29) is 46.5 Å². The van der Waals surface area contributed by atoms with E-state index in [0.29, 0.717) is 5.92 Å². The van der Waals surface area contributed by atoms with Crippen molar-refractivity contribution in [3.05, 3.63) is 136 Å². The van der Waals surface area contributed by atoms with Crippen molar-refractivity contribution in [1.82, 2.24) is 0 Å². The number of benzene rings is 2. The molecule has 49 heavy (non-hydrogen) atoms. The third-order valence-electron chi connectivity index (χ3n) is 13.4. The zero-order valence-electron chi connectivity index (χ0n) is 31.5. The van der Waals surface area contributed by atoms with Crippen molar-refractivity contribution in [2.45, 2.75) is 107 Å². The van der Waals surface area contributed by atoms with Crippen LogP contribution in [0.15, 0.2) is 114 Å². The molecule has 3 aromatic rings. The molecule has 4 aliphatic carbocycles. The molecule has 0 amide bonds. The summed E-state index contributed by atoms with van der Waals surface area (Å²) >= 11 is 1.61. The Morgan fingerprint density at radius 1 is 0.857 bits per heavy atom. The van der Waals surface area contributed by atoms with E-state index in [4.69, 9.17) is 0 Å². The summed E-state index contributed by atoms with van der Waals surface area (Å²) in [5.74, 6) is 2.24. The van der Waals surface area contributed by atoms with Crippen LogP contribution in [0.2, 0.25) is 0 Å². The van der Waals surface area contributed by atoms with Crippen molar-refractivity contribution in [2.24, 2.45) is 27.6 Å². The van der Waals surface area contributed by atoms with Crippen molar-refractivity contribution >= 4 is 8.78 Å². The van der Waals surface area contributed by atoms with Gasteiger partial charge in [0.2, 0.25) is 0 Å². The fraction of sp³-hybridized carbons (Fsp3) is 0.457. The standard InChI is InChI=1S/C29H37.C12H16.C5H5.2ClH.Zr/c1-18-25-22-17-19-13-9-10-14-20(19)24(22)21-15-11-12-16-23(21)29(25,8)28(6,7)27(4,5)26(18,2)3;1-2-3-4-6-9-12-10-7-5-8-11-12;1-2-4-5-3-1;;;/h9-11,13-15,23H,12,16-17H2,1-8H3;5,7-8,10-11H,2-4,9H2,1H3;1-5H;2*1H;/q-1;;-1;;;+2/p-2. The van der Waals surface area contributed by atoms with Gasteiger partial charge in [-0.2, -0.15) is 29.3 Å². The van der Waals surface area contributed by atoms with Crippen LogP contribution in [0.4, 0.5) is 0 Å². The predicted molar refractivity (Wildman–Crippen MR) is 201 cm³/mol. The van der Waals surface area contributed by atoms with Crippen molar-refractivity contribution in [3.8, 4) is 0 Å². The smallest absolute Gasteiger partial charge is 0.00969 e. The molecule has 2 atom stereocenters. The van der Waals surface area contributed by atoms with Crippen LogP contribution in [0, 0.1) is 33.5 Å². The van der Waals surface area contributed by atoms with E-state index >= 15 is 0 Å². The van der Waals surface area contributed by atoms with Gasteiger partial charge in [0.1, 0.15) is 0 Å². The van der Waals surface area contributed by atoms with E-state index in [1.54, 1.807) is 55.7 Å². The molecule has 0 radical (unpaired) electrons. The molecular weight excluding hydrogens is 715 g/mol. The molecular formula is C46H58Cl2Zr-2. The van der Waals surface area contributed by atoms with E-state index in [1.807, 2.05) is 30.3 Å². The van der Waals surface area contributed by atoms with Crippen LogP contribution in [-0.2, 0) is 37.1 Å². The van der Waals surface area contributed by atoms with E-state index in [1.165, 1.54) is 55.2 Å². The molecule has 0 heterocycles. The minimum Gasteiger partial charge on any atom is -1.00 e. The maximum absolute atomic E-state index is 2.62. The van der Waals surface area contributed by atoms with Gasteiger partial charge in [0.05, 0.1) is 0 Å². The first-order valence-corrected chi connectivity index (χ1v) is 19.4. The van der Waals surface area contributed by atoms with Crippen molar-refractivity contribution in [2.75, 3.05) is 0 Å². The first-order valence-electron chi connectivity index (χ1n) is 18.1. The number of fused-ring (bicyclic) bond motifs is 6. The average molecular weight is 773 g/mol. The van der Waals surface area contributed by atoms with Crippen LogP contribution in [0.3, 0.4) is 0 Å². The summed E-state index contributed by atoms with van der Waals surface area (Å²) in [6, 6.07) is 29.9. The summed E-state index contributed by atoms with van der Waals surface area (Å²) in [6.45, 7) is 22.6. The van der Waals surface area contributed by atoms with E-state index < -0.39 is 0 Å². The van der Waals surface area contributed by atoms with E-state index in [2.05, 4.69) is 129 Å². The normalized spacial score (nSPS) is 23.2. The Labute approximate surface area is 326 Å². The molecule has 1 fully saturated rings. The largest absolute Gasteiger partial charge is 1.00 e. The van der Waals surface area contributed by atoms with Crippen LogP contribution in [0.5, 0.6) is 0 Å². The number of hydrogen-bond donors (Lipinski definition) is 0. The maximum Gasteiger partial charge on any atom is -0.00969 e. The summed E-state index contributed by atoms with van der Waals surface area (Å²) in [5, 5.41) is 0. The van der Waals surface area contributed by atoms with Crippen molar-refractivity contribution < 1.29 is 49.0 Å². The SMILES string of the molecule is CCCC[C](=[Zr+2])Cc1ccccc1.C[C-]1C2=C3Cc4ccccc4C3=C3C=CCCC3C2(C)C(C)(C)C(C)(C)C1(C)C.[Cl-].[Cl-].c1cc[cH-]c1. The minimum absolute atomic E-state index is 0.